The van der Waals surface area contributed by atoms with Crippen molar-refractivity contribution >= 4 is 27.7 Å². The van der Waals surface area contributed by atoms with Gasteiger partial charge in [-0.2, -0.15) is 0 Å². The lowest BCUT2D eigenvalue weighted by molar-refractivity contribution is -0.161. The number of pyridine rings is 1. The number of carbonyl (C=O) groups is 1. The lowest BCUT2D eigenvalue weighted by Crippen LogP contribution is -2.64. The third-order valence-electron chi connectivity index (χ3n) is 5.42. The molecule has 1 aromatic rings. The summed E-state index contributed by atoms with van der Waals surface area (Å²) in [6.07, 6.45) is 4.10. The Bertz CT molecular complexity index is 595. The van der Waals surface area contributed by atoms with E-state index in [2.05, 4.69) is 52.7 Å². The number of ether oxygens (including phenoxy) is 1. The van der Waals surface area contributed by atoms with Crippen molar-refractivity contribution in [2.45, 2.75) is 40.5 Å². The van der Waals surface area contributed by atoms with E-state index in [1.54, 1.807) is 0 Å². The Hall–Kier alpha value is -1.10. The maximum atomic E-state index is 12.4. The fraction of sp³-hybridized carbons (Fsp3) is 0.684. The minimum atomic E-state index is -0.0464. The summed E-state index contributed by atoms with van der Waals surface area (Å²) in [6, 6.07) is 4.09. The minimum absolute atomic E-state index is 0.00271. The van der Waals surface area contributed by atoms with Crippen LogP contribution in [0, 0.1) is 22.7 Å². The zero-order valence-corrected chi connectivity index (χ0v) is 16.6. The summed E-state index contributed by atoms with van der Waals surface area (Å²) in [7, 11) is 0. The van der Waals surface area contributed by atoms with Crippen LogP contribution in [0.4, 0.5) is 5.82 Å². The second kappa shape index (κ2) is 6.32. The number of halogens is 1. The van der Waals surface area contributed by atoms with Gasteiger partial charge < -0.3 is 9.64 Å². The molecule has 1 saturated carbocycles. The number of aromatic nitrogens is 1. The van der Waals surface area contributed by atoms with Crippen LogP contribution >= 0.6 is 15.9 Å². The van der Waals surface area contributed by atoms with Crippen LogP contribution in [0.2, 0.25) is 0 Å². The zero-order chi connectivity index (χ0) is 17.5. The van der Waals surface area contributed by atoms with Crippen LogP contribution in [-0.4, -0.2) is 30.6 Å². The third-order valence-corrected chi connectivity index (χ3v) is 5.89. The Kier molecular flexibility index (Phi) is 4.67. The van der Waals surface area contributed by atoms with Gasteiger partial charge in [0.2, 0.25) is 0 Å². The largest absolute Gasteiger partial charge is 0.466 e. The predicted octanol–water partition coefficient (Wildman–Crippen LogP) is 4.29. The van der Waals surface area contributed by atoms with Crippen molar-refractivity contribution in [1.29, 1.82) is 0 Å². The summed E-state index contributed by atoms with van der Waals surface area (Å²) in [5.74, 6) is 1.48. The summed E-state index contributed by atoms with van der Waals surface area (Å²) < 4.78 is 6.35. The highest BCUT2D eigenvalue weighted by molar-refractivity contribution is 9.10. The summed E-state index contributed by atoms with van der Waals surface area (Å²) >= 11 is 3.43. The van der Waals surface area contributed by atoms with Gasteiger partial charge in [-0.3, -0.25) is 4.79 Å². The van der Waals surface area contributed by atoms with Gasteiger partial charge in [0.1, 0.15) is 5.82 Å². The number of rotatable bonds is 4. The first kappa shape index (κ1) is 17.7. The summed E-state index contributed by atoms with van der Waals surface area (Å²) in [6.45, 7) is 10.9. The van der Waals surface area contributed by atoms with Crippen LogP contribution in [-0.2, 0) is 9.53 Å². The zero-order valence-electron chi connectivity index (χ0n) is 15.0. The SMILES string of the molecule is CCOC(=O)C(C1CC2(C1)CN(c1ccc(Br)cn1)C2)C(C)(C)C. The number of hydrogen-bond acceptors (Lipinski definition) is 4. The average Bonchev–Trinajstić information content (AvgIpc) is 2.40. The molecule has 0 bridgehead atoms. The second-order valence-electron chi connectivity index (χ2n) is 8.45. The van der Waals surface area contributed by atoms with Gasteiger partial charge in [-0.1, -0.05) is 20.8 Å². The average molecular weight is 395 g/mol. The van der Waals surface area contributed by atoms with E-state index in [9.17, 15) is 4.79 Å². The van der Waals surface area contributed by atoms with Crippen LogP contribution in [0.1, 0.15) is 40.5 Å². The molecule has 5 heteroatoms. The lowest BCUT2D eigenvalue weighted by Gasteiger charge is -2.61. The maximum Gasteiger partial charge on any atom is 0.309 e. The van der Waals surface area contributed by atoms with Crippen LogP contribution in [0.25, 0.3) is 0 Å². The molecular weight excluding hydrogens is 368 g/mol. The molecule has 1 saturated heterocycles. The fourth-order valence-electron chi connectivity index (χ4n) is 4.51. The number of anilines is 1. The normalized spacial score (nSPS) is 21.1. The predicted molar refractivity (Wildman–Crippen MR) is 98.9 cm³/mol. The van der Waals surface area contributed by atoms with Gasteiger partial charge in [0, 0.05) is 29.2 Å². The molecule has 1 spiro atoms. The molecule has 0 aromatic carbocycles. The summed E-state index contributed by atoms with van der Waals surface area (Å²) in [5, 5.41) is 0. The van der Waals surface area contributed by atoms with E-state index >= 15 is 0 Å². The van der Waals surface area contributed by atoms with E-state index in [0.29, 0.717) is 17.9 Å². The standard InChI is InChI=1S/C19H27BrN2O2/c1-5-24-17(23)16(18(2,3)4)13-8-19(9-13)11-22(12-19)15-7-6-14(20)10-21-15/h6-7,10,13,16H,5,8-9,11-12H2,1-4H3. The van der Waals surface area contributed by atoms with Gasteiger partial charge in [-0.25, -0.2) is 4.98 Å². The lowest BCUT2D eigenvalue weighted by atomic mass is 9.51. The van der Waals surface area contributed by atoms with Crippen LogP contribution in [0.15, 0.2) is 22.8 Å². The molecule has 2 heterocycles. The molecule has 0 radical (unpaired) electrons. The molecule has 0 N–H and O–H groups in total. The first-order valence-electron chi connectivity index (χ1n) is 8.77. The monoisotopic (exact) mass is 394 g/mol. The quantitative estimate of drug-likeness (QED) is 0.714. The third kappa shape index (κ3) is 3.32. The highest BCUT2D eigenvalue weighted by atomic mass is 79.9. The number of nitrogens with zero attached hydrogens (tertiary/aromatic N) is 2. The molecule has 0 amide bonds. The van der Waals surface area contributed by atoms with Gasteiger partial charge in [-0.05, 0) is 59.2 Å². The van der Waals surface area contributed by atoms with Gasteiger partial charge in [-0.15, -0.1) is 0 Å². The van der Waals surface area contributed by atoms with E-state index in [4.69, 9.17) is 4.74 Å². The molecule has 132 valence electrons. The van der Waals surface area contributed by atoms with Gasteiger partial charge >= 0.3 is 5.97 Å². The molecule has 2 fully saturated rings. The van der Waals surface area contributed by atoms with Crippen molar-refractivity contribution in [3.63, 3.8) is 0 Å². The molecule has 3 rings (SSSR count). The van der Waals surface area contributed by atoms with Crippen molar-refractivity contribution in [2.75, 3.05) is 24.6 Å². The fourth-order valence-corrected chi connectivity index (χ4v) is 4.75. The molecule has 1 unspecified atom stereocenters. The molecule has 4 nitrogen and oxygen atoms in total. The molecular formula is C19H27BrN2O2. The van der Waals surface area contributed by atoms with E-state index in [1.807, 2.05) is 19.2 Å². The minimum Gasteiger partial charge on any atom is -0.466 e. The Balaban J connectivity index is 1.58. The van der Waals surface area contributed by atoms with E-state index in [1.165, 1.54) is 0 Å². The van der Waals surface area contributed by atoms with E-state index in [0.717, 1.165) is 36.2 Å². The molecule has 1 atom stereocenters. The van der Waals surface area contributed by atoms with Gasteiger partial charge in [0.15, 0.2) is 0 Å². The van der Waals surface area contributed by atoms with Crippen LogP contribution in [0.3, 0.4) is 0 Å². The van der Waals surface area contributed by atoms with Crippen molar-refractivity contribution in [3.05, 3.63) is 22.8 Å². The van der Waals surface area contributed by atoms with Crippen molar-refractivity contribution in [2.24, 2.45) is 22.7 Å². The molecule has 1 aromatic heterocycles. The Labute approximate surface area is 153 Å². The van der Waals surface area contributed by atoms with Gasteiger partial charge in [0.05, 0.1) is 12.5 Å². The second-order valence-corrected chi connectivity index (χ2v) is 9.37. The molecule has 24 heavy (non-hydrogen) atoms. The van der Waals surface area contributed by atoms with Crippen molar-refractivity contribution in [3.8, 4) is 0 Å². The summed E-state index contributed by atoms with van der Waals surface area (Å²) in [5.41, 5.74) is 0.338. The smallest absolute Gasteiger partial charge is 0.309 e. The van der Waals surface area contributed by atoms with Crippen molar-refractivity contribution < 1.29 is 9.53 Å². The van der Waals surface area contributed by atoms with Crippen LogP contribution in [0.5, 0.6) is 0 Å². The Morgan fingerprint density at radius 1 is 1.42 bits per heavy atom. The van der Waals surface area contributed by atoms with Gasteiger partial charge in [0.25, 0.3) is 0 Å². The number of esters is 1. The van der Waals surface area contributed by atoms with E-state index < -0.39 is 0 Å². The summed E-state index contributed by atoms with van der Waals surface area (Å²) in [4.78, 5) is 19.2. The topological polar surface area (TPSA) is 42.4 Å². The highest BCUT2D eigenvalue weighted by Crippen LogP contribution is 2.57. The Morgan fingerprint density at radius 2 is 2.08 bits per heavy atom. The first-order valence-corrected chi connectivity index (χ1v) is 9.56. The molecule has 2 aliphatic rings. The number of carbonyl (C=O) groups excluding carboxylic acids is 1. The Morgan fingerprint density at radius 3 is 2.58 bits per heavy atom. The molecule has 1 aliphatic heterocycles. The highest BCUT2D eigenvalue weighted by Gasteiger charge is 2.57. The molecule has 1 aliphatic carbocycles. The maximum absolute atomic E-state index is 12.4. The van der Waals surface area contributed by atoms with E-state index in [-0.39, 0.29) is 17.3 Å². The van der Waals surface area contributed by atoms with Crippen molar-refractivity contribution in [1.82, 2.24) is 4.98 Å². The first-order chi connectivity index (χ1) is 11.2. The number of hydrogen-bond donors (Lipinski definition) is 0. The van der Waals surface area contributed by atoms with Crippen LogP contribution < -0.4 is 4.90 Å².